The van der Waals surface area contributed by atoms with Crippen molar-refractivity contribution in [1.29, 1.82) is 0 Å². The van der Waals surface area contributed by atoms with Gasteiger partial charge in [0.25, 0.3) is 5.56 Å². The van der Waals surface area contributed by atoms with Crippen LogP contribution in [0.5, 0.6) is 0 Å². The van der Waals surface area contributed by atoms with Crippen molar-refractivity contribution in [3.63, 3.8) is 0 Å². The van der Waals surface area contributed by atoms with Gasteiger partial charge >= 0.3 is 5.97 Å². The molecule has 1 atom stereocenters. The van der Waals surface area contributed by atoms with Gasteiger partial charge in [0, 0.05) is 12.1 Å². The second kappa shape index (κ2) is 7.82. The zero-order valence-corrected chi connectivity index (χ0v) is 13.2. The summed E-state index contributed by atoms with van der Waals surface area (Å²) in [5.74, 6) is -0.620. The lowest BCUT2D eigenvalue weighted by atomic mass is 10.3. The first-order chi connectivity index (χ1) is 9.81. The van der Waals surface area contributed by atoms with Crippen molar-refractivity contribution in [1.82, 2.24) is 15.3 Å². The van der Waals surface area contributed by atoms with Crippen LogP contribution in [0.4, 0.5) is 0 Å². The zero-order valence-electron chi connectivity index (χ0n) is 12.4. The fraction of sp³-hybridized carbons (Fsp3) is 0.538. The highest BCUT2D eigenvalue weighted by molar-refractivity contribution is 8.00. The standard InChI is InChI=1S/C13H19N3O4S/c1-7(2)14-12(19)8(3)21-13-15-9(5-10(17)16-13)6-11(18)20-4/h5,7-8H,6H2,1-4H3,(H,14,19)(H,15,16,17)/t8-/m1/s1. The van der Waals surface area contributed by atoms with E-state index in [-0.39, 0.29) is 23.9 Å². The van der Waals surface area contributed by atoms with Crippen molar-refractivity contribution in [2.45, 2.75) is 43.6 Å². The number of hydrogen-bond acceptors (Lipinski definition) is 6. The van der Waals surface area contributed by atoms with Gasteiger partial charge in [-0.2, -0.15) is 0 Å². The van der Waals surface area contributed by atoms with Crippen LogP contribution in [-0.2, 0) is 20.7 Å². The Labute approximate surface area is 126 Å². The summed E-state index contributed by atoms with van der Waals surface area (Å²) >= 11 is 1.13. The number of nitrogens with one attached hydrogen (secondary N) is 2. The summed E-state index contributed by atoms with van der Waals surface area (Å²) < 4.78 is 4.53. The van der Waals surface area contributed by atoms with Crippen LogP contribution < -0.4 is 10.9 Å². The lowest BCUT2D eigenvalue weighted by Crippen LogP contribution is -2.36. The van der Waals surface area contributed by atoms with E-state index in [0.29, 0.717) is 10.9 Å². The predicted octanol–water partition coefficient (Wildman–Crippen LogP) is 0.491. The van der Waals surface area contributed by atoms with Crippen LogP contribution in [0.1, 0.15) is 26.5 Å². The molecule has 116 valence electrons. The first-order valence-electron chi connectivity index (χ1n) is 6.46. The molecule has 0 saturated heterocycles. The SMILES string of the molecule is COC(=O)Cc1cc(=O)[nH]c(S[C@H](C)C(=O)NC(C)C)n1. The van der Waals surface area contributed by atoms with Gasteiger partial charge in [0.05, 0.1) is 24.5 Å². The molecule has 0 fully saturated rings. The lowest BCUT2D eigenvalue weighted by Gasteiger charge is -2.13. The van der Waals surface area contributed by atoms with Crippen LogP contribution in [0.15, 0.2) is 16.0 Å². The average molecular weight is 313 g/mol. The Bertz CT molecular complexity index is 571. The van der Waals surface area contributed by atoms with Crippen LogP contribution in [-0.4, -0.2) is 40.2 Å². The quantitative estimate of drug-likeness (QED) is 0.450. The van der Waals surface area contributed by atoms with E-state index in [4.69, 9.17) is 0 Å². The van der Waals surface area contributed by atoms with Crippen molar-refractivity contribution < 1.29 is 14.3 Å². The van der Waals surface area contributed by atoms with Gasteiger partial charge in [0.15, 0.2) is 5.16 Å². The predicted molar refractivity (Wildman–Crippen MR) is 79.2 cm³/mol. The van der Waals surface area contributed by atoms with Crippen molar-refractivity contribution in [2.24, 2.45) is 0 Å². The molecule has 21 heavy (non-hydrogen) atoms. The number of aromatic amines is 1. The number of carbonyl (C=O) groups excluding carboxylic acids is 2. The molecule has 0 unspecified atom stereocenters. The van der Waals surface area contributed by atoms with Gasteiger partial charge in [0.2, 0.25) is 5.91 Å². The van der Waals surface area contributed by atoms with Crippen molar-refractivity contribution in [3.05, 3.63) is 22.1 Å². The average Bonchev–Trinajstić information content (AvgIpc) is 2.36. The van der Waals surface area contributed by atoms with E-state index in [9.17, 15) is 14.4 Å². The molecule has 0 radical (unpaired) electrons. The molecule has 1 aromatic heterocycles. The van der Waals surface area contributed by atoms with Gasteiger partial charge in [-0.05, 0) is 20.8 Å². The summed E-state index contributed by atoms with van der Waals surface area (Å²) in [6.07, 6.45) is -0.0828. The molecule has 0 spiro atoms. The second-order valence-corrected chi connectivity index (χ2v) is 6.05. The number of aromatic nitrogens is 2. The number of thioether (sulfide) groups is 1. The highest BCUT2D eigenvalue weighted by atomic mass is 32.2. The maximum Gasteiger partial charge on any atom is 0.311 e. The number of esters is 1. The molecular weight excluding hydrogens is 294 g/mol. The van der Waals surface area contributed by atoms with E-state index < -0.39 is 11.2 Å². The number of ether oxygens (including phenoxy) is 1. The van der Waals surface area contributed by atoms with E-state index in [1.54, 1.807) is 6.92 Å². The molecular formula is C13H19N3O4S. The maximum absolute atomic E-state index is 11.8. The largest absolute Gasteiger partial charge is 0.469 e. The highest BCUT2D eigenvalue weighted by Gasteiger charge is 2.17. The van der Waals surface area contributed by atoms with Crippen molar-refractivity contribution in [2.75, 3.05) is 7.11 Å². The van der Waals surface area contributed by atoms with Crippen LogP contribution in [0.3, 0.4) is 0 Å². The van der Waals surface area contributed by atoms with Crippen molar-refractivity contribution >= 4 is 23.6 Å². The van der Waals surface area contributed by atoms with Gasteiger partial charge in [-0.25, -0.2) is 4.98 Å². The molecule has 8 heteroatoms. The molecule has 0 bridgehead atoms. The Hall–Kier alpha value is -1.83. The lowest BCUT2D eigenvalue weighted by molar-refractivity contribution is -0.139. The fourth-order valence-corrected chi connectivity index (χ4v) is 2.31. The third-order valence-corrected chi connectivity index (χ3v) is 3.40. The molecule has 1 rings (SSSR count). The second-order valence-electron chi connectivity index (χ2n) is 4.72. The van der Waals surface area contributed by atoms with Crippen molar-refractivity contribution in [3.8, 4) is 0 Å². The number of methoxy groups -OCH3 is 1. The smallest absolute Gasteiger partial charge is 0.311 e. The normalized spacial score (nSPS) is 12.0. The zero-order chi connectivity index (χ0) is 16.0. The monoisotopic (exact) mass is 313 g/mol. The van der Waals surface area contributed by atoms with Gasteiger partial charge in [0.1, 0.15) is 0 Å². The molecule has 1 amide bonds. The Balaban J connectivity index is 2.81. The number of rotatable bonds is 6. The Morgan fingerprint density at radius 1 is 1.43 bits per heavy atom. The van der Waals surface area contributed by atoms with E-state index in [1.165, 1.54) is 13.2 Å². The molecule has 1 aromatic rings. The Morgan fingerprint density at radius 2 is 2.10 bits per heavy atom. The summed E-state index contributed by atoms with van der Waals surface area (Å²) in [4.78, 5) is 41.3. The molecule has 0 aliphatic heterocycles. The minimum atomic E-state index is -0.477. The minimum Gasteiger partial charge on any atom is -0.469 e. The minimum absolute atomic E-state index is 0.0400. The van der Waals surface area contributed by atoms with Gasteiger partial charge in [-0.1, -0.05) is 11.8 Å². The van der Waals surface area contributed by atoms with E-state index in [2.05, 4.69) is 20.0 Å². The summed E-state index contributed by atoms with van der Waals surface area (Å²) in [7, 11) is 1.27. The molecule has 1 heterocycles. The maximum atomic E-state index is 11.8. The van der Waals surface area contributed by atoms with E-state index in [0.717, 1.165) is 11.8 Å². The number of hydrogen-bond donors (Lipinski definition) is 2. The van der Waals surface area contributed by atoms with Crippen LogP contribution in [0.2, 0.25) is 0 Å². The molecule has 0 aliphatic rings. The molecule has 0 aromatic carbocycles. The summed E-state index contributed by atoms with van der Waals surface area (Å²) in [5, 5.41) is 2.67. The Kier molecular flexibility index (Phi) is 6.41. The first kappa shape index (κ1) is 17.2. The summed E-state index contributed by atoms with van der Waals surface area (Å²) in [6.45, 7) is 5.45. The third kappa shape index (κ3) is 5.99. The van der Waals surface area contributed by atoms with Gasteiger partial charge in [-0.3, -0.25) is 14.4 Å². The number of H-pyrrole nitrogens is 1. The third-order valence-electron chi connectivity index (χ3n) is 2.41. The van der Waals surface area contributed by atoms with E-state index >= 15 is 0 Å². The molecule has 0 saturated carbocycles. The molecule has 0 aliphatic carbocycles. The number of carbonyl (C=O) groups is 2. The number of nitrogens with zero attached hydrogens (tertiary/aromatic N) is 1. The fourth-order valence-electron chi connectivity index (χ4n) is 1.47. The summed E-state index contributed by atoms with van der Waals surface area (Å²) in [6, 6.07) is 1.28. The molecule has 2 N–H and O–H groups in total. The summed E-state index contributed by atoms with van der Waals surface area (Å²) in [5.41, 5.74) is -0.0626. The number of amides is 1. The van der Waals surface area contributed by atoms with Gasteiger partial charge < -0.3 is 15.0 Å². The first-order valence-corrected chi connectivity index (χ1v) is 7.34. The van der Waals surface area contributed by atoms with Crippen LogP contribution in [0.25, 0.3) is 0 Å². The van der Waals surface area contributed by atoms with Gasteiger partial charge in [-0.15, -0.1) is 0 Å². The van der Waals surface area contributed by atoms with Crippen LogP contribution in [0, 0.1) is 0 Å². The molecule has 7 nitrogen and oxygen atoms in total. The highest BCUT2D eigenvalue weighted by Crippen LogP contribution is 2.18. The Morgan fingerprint density at radius 3 is 2.67 bits per heavy atom. The van der Waals surface area contributed by atoms with E-state index in [1.807, 2.05) is 13.8 Å². The van der Waals surface area contributed by atoms with Crippen LogP contribution >= 0.6 is 11.8 Å². The topological polar surface area (TPSA) is 101 Å².